The highest BCUT2D eigenvalue weighted by Crippen LogP contribution is 2.37. The second-order valence-corrected chi connectivity index (χ2v) is 9.26. The highest BCUT2D eigenvalue weighted by atomic mass is 32.2. The van der Waals surface area contributed by atoms with Crippen LogP contribution in [-0.2, 0) is 9.84 Å². The van der Waals surface area contributed by atoms with Gasteiger partial charge in [0.05, 0.1) is 15.1 Å². The molecule has 0 N–H and O–H groups in total. The van der Waals surface area contributed by atoms with Crippen LogP contribution in [0.25, 0.3) is 21.3 Å². The van der Waals surface area contributed by atoms with Crippen molar-refractivity contribution in [3.05, 3.63) is 36.0 Å². The Labute approximate surface area is 151 Å². The lowest BCUT2D eigenvalue weighted by molar-refractivity contribution is 0.575. The first-order chi connectivity index (χ1) is 12.0. The van der Waals surface area contributed by atoms with E-state index in [1.165, 1.54) is 25.5 Å². The Hall–Kier alpha value is -1.99. The molecule has 1 aliphatic rings. The summed E-state index contributed by atoms with van der Waals surface area (Å²) in [7, 11) is -3.18. The van der Waals surface area contributed by atoms with E-state index in [1.54, 1.807) is 29.8 Å². The number of aromatic nitrogens is 2. The van der Waals surface area contributed by atoms with Gasteiger partial charge in [-0.05, 0) is 37.0 Å². The lowest BCUT2D eigenvalue weighted by Gasteiger charge is -2.27. The summed E-state index contributed by atoms with van der Waals surface area (Å²) in [5, 5.41) is 2.09. The Morgan fingerprint density at radius 3 is 2.44 bits per heavy atom. The maximum Gasteiger partial charge on any atom is 0.175 e. The number of benzene rings is 1. The van der Waals surface area contributed by atoms with Crippen LogP contribution < -0.4 is 4.90 Å². The highest BCUT2D eigenvalue weighted by Gasteiger charge is 2.18. The molecule has 5 nitrogen and oxygen atoms in total. The predicted octanol–water partition coefficient (Wildman–Crippen LogP) is 3.75. The second-order valence-electron chi connectivity index (χ2n) is 6.37. The Morgan fingerprint density at radius 1 is 1.04 bits per heavy atom. The summed E-state index contributed by atoms with van der Waals surface area (Å²) >= 11 is 1.65. The normalized spacial score (nSPS) is 15.6. The minimum atomic E-state index is -3.18. The summed E-state index contributed by atoms with van der Waals surface area (Å²) in [6.45, 7) is 2.09. The molecular weight excluding hydrogens is 354 g/mol. The van der Waals surface area contributed by atoms with Crippen LogP contribution in [0, 0.1) is 0 Å². The molecule has 0 radical (unpaired) electrons. The van der Waals surface area contributed by atoms with Crippen LogP contribution in [-0.4, -0.2) is 37.7 Å². The average molecular weight is 374 g/mol. The zero-order valence-electron chi connectivity index (χ0n) is 14.0. The lowest BCUT2D eigenvalue weighted by atomic mass is 10.1. The Bertz CT molecular complexity index is 1000. The summed E-state index contributed by atoms with van der Waals surface area (Å²) < 4.78 is 24.4. The fourth-order valence-corrected chi connectivity index (χ4v) is 4.93. The number of hydrogen-bond acceptors (Lipinski definition) is 6. The van der Waals surface area contributed by atoms with Crippen molar-refractivity contribution in [3.63, 3.8) is 0 Å². The molecule has 3 heterocycles. The van der Waals surface area contributed by atoms with Crippen molar-refractivity contribution >= 4 is 37.2 Å². The van der Waals surface area contributed by atoms with Gasteiger partial charge in [-0.3, -0.25) is 0 Å². The monoisotopic (exact) mass is 373 g/mol. The summed E-state index contributed by atoms with van der Waals surface area (Å²) in [5.74, 6) is 1.02. The molecule has 3 aromatic rings. The molecule has 7 heteroatoms. The minimum Gasteiger partial charge on any atom is -0.355 e. The van der Waals surface area contributed by atoms with Gasteiger partial charge in [-0.1, -0.05) is 12.1 Å². The van der Waals surface area contributed by atoms with E-state index in [9.17, 15) is 8.42 Å². The van der Waals surface area contributed by atoms with Gasteiger partial charge < -0.3 is 4.90 Å². The maximum absolute atomic E-state index is 11.6. The van der Waals surface area contributed by atoms with E-state index in [0.29, 0.717) is 4.90 Å². The molecule has 0 atom stereocenters. The molecule has 0 aliphatic carbocycles. The number of hydrogen-bond donors (Lipinski definition) is 0. The van der Waals surface area contributed by atoms with E-state index in [-0.39, 0.29) is 0 Å². The van der Waals surface area contributed by atoms with E-state index in [2.05, 4.69) is 20.2 Å². The number of sulfone groups is 1. The highest BCUT2D eigenvalue weighted by molar-refractivity contribution is 7.90. The SMILES string of the molecule is CS(=O)(=O)c1ccc(-c2csc3c(N4CCCCC4)ncnc23)cc1. The van der Waals surface area contributed by atoms with Gasteiger partial charge in [-0.25, -0.2) is 18.4 Å². The van der Waals surface area contributed by atoms with Crippen LogP contribution in [0.15, 0.2) is 40.9 Å². The van der Waals surface area contributed by atoms with E-state index in [4.69, 9.17) is 0 Å². The zero-order chi connectivity index (χ0) is 17.4. The van der Waals surface area contributed by atoms with Crippen molar-refractivity contribution in [3.8, 4) is 11.1 Å². The molecule has 130 valence electrons. The molecule has 0 saturated carbocycles. The van der Waals surface area contributed by atoms with E-state index < -0.39 is 9.84 Å². The first-order valence-corrected chi connectivity index (χ1v) is 11.1. The van der Waals surface area contributed by atoms with Crippen molar-refractivity contribution in [2.24, 2.45) is 0 Å². The number of nitrogens with zero attached hydrogens (tertiary/aromatic N) is 3. The molecule has 4 rings (SSSR count). The number of fused-ring (bicyclic) bond motifs is 1. The molecule has 25 heavy (non-hydrogen) atoms. The molecule has 2 aromatic heterocycles. The van der Waals surface area contributed by atoms with Gasteiger partial charge in [-0.15, -0.1) is 11.3 Å². The zero-order valence-corrected chi connectivity index (χ0v) is 15.6. The molecule has 1 fully saturated rings. The van der Waals surface area contributed by atoms with Crippen LogP contribution in [0.2, 0.25) is 0 Å². The molecule has 0 bridgehead atoms. The van der Waals surface area contributed by atoms with Gasteiger partial charge >= 0.3 is 0 Å². The first kappa shape index (κ1) is 16.5. The Morgan fingerprint density at radius 2 is 1.76 bits per heavy atom. The van der Waals surface area contributed by atoms with E-state index >= 15 is 0 Å². The topological polar surface area (TPSA) is 63.2 Å². The molecule has 0 unspecified atom stereocenters. The fourth-order valence-electron chi connectivity index (χ4n) is 3.26. The van der Waals surface area contributed by atoms with Gasteiger partial charge in [0.1, 0.15) is 12.1 Å². The third-order valence-corrected chi connectivity index (χ3v) is 6.68. The smallest absolute Gasteiger partial charge is 0.175 e. The molecule has 1 aliphatic heterocycles. The van der Waals surface area contributed by atoms with Crippen LogP contribution in [0.4, 0.5) is 5.82 Å². The largest absolute Gasteiger partial charge is 0.355 e. The third kappa shape index (κ3) is 3.14. The van der Waals surface area contributed by atoms with Crippen molar-refractivity contribution in [1.29, 1.82) is 0 Å². The number of anilines is 1. The second kappa shape index (κ2) is 6.38. The van der Waals surface area contributed by atoms with E-state index in [0.717, 1.165) is 40.3 Å². The summed E-state index contributed by atoms with van der Waals surface area (Å²) in [4.78, 5) is 11.7. The molecular formula is C18H19N3O2S2. The van der Waals surface area contributed by atoms with Crippen molar-refractivity contribution in [2.45, 2.75) is 24.2 Å². The minimum absolute atomic E-state index is 0.333. The molecule has 0 spiro atoms. The van der Waals surface area contributed by atoms with Gasteiger partial charge in [-0.2, -0.15) is 0 Å². The summed E-state index contributed by atoms with van der Waals surface area (Å²) in [6.07, 6.45) is 6.55. The van der Waals surface area contributed by atoms with Crippen LogP contribution in [0.5, 0.6) is 0 Å². The maximum atomic E-state index is 11.6. The van der Waals surface area contributed by atoms with Crippen LogP contribution >= 0.6 is 11.3 Å². The predicted molar refractivity (Wildman–Crippen MR) is 102 cm³/mol. The standard InChI is InChI=1S/C18H19N3O2S2/c1-25(22,23)14-7-5-13(6-8-14)15-11-24-17-16(15)19-12-20-18(17)21-9-3-2-4-10-21/h5-8,11-12H,2-4,9-10H2,1H3. The Kier molecular flexibility index (Phi) is 4.21. The fraction of sp³-hybridized carbons (Fsp3) is 0.333. The number of piperidine rings is 1. The summed E-state index contributed by atoms with van der Waals surface area (Å²) in [5.41, 5.74) is 2.94. The quantitative estimate of drug-likeness (QED) is 0.700. The van der Waals surface area contributed by atoms with Gasteiger partial charge in [0.25, 0.3) is 0 Å². The van der Waals surface area contributed by atoms with Crippen molar-refractivity contribution in [1.82, 2.24) is 9.97 Å². The third-order valence-electron chi connectivity index (χ3n) is 4.58. The average Bonchev–Trinajstić information content (AvgIpc) is 3.06. The van der Waals surface area contributed by atoms with E-state index in [1.807, 2.05) is 12.1 Å². The Balaban J connectivity index is 1.76. The molecule has 0 amide bonds. The van der Waals surface area contributed by atoms with Gasteiger partial charge in [0.2, 0.25) is 0 Å². The summed E-state index contributed by atoms with van der Waals surface area (Å²) in [6, 6.07) is 7.00. The molecule has 1 aromatic carbocycles. The van der Waals surface area contributed by atoms with Crippen molar-refractivity contribution in [2.75, 3.05) is 24.2 Å². The number of rotatable bonds is 3. The van der Waals surface area contributed by atoms with Crippen LogP contribution in [0.3, 0.4) is 0 Å². The number of thiophene rings is 1. The van der Waals surface area contributed by atoms with Gasteiger partial charge in [0.15, 0.2) is 9.84 Å². The van der Waals surface area contributed by atoms with Crippen LogP contribution in [0.1, 0.15) is 19.3 Å². The van der Waals surface area contributed by atoms with Crippen molar-refractivity contribution < 1.29 is 8.42 Å². The van der Waals surface area contributed by atoms with Gasteiger partial charge in [0, 0.05) is 30.3 Å². The lowest BCUT2D eigenvalue weighted by Crippen LogP contribution is -2.30. The molecule has 1 saturated heterocycles. The first-order valence-electron chi connectivity index (χ1n) is 8.32.